The van der Waals surface area contributed by atoms with Crippen LogP contribution in [0.15, 0.2) is 72.8 Å². The second-order valence-electron chi connectivity index (χ2n) is 10.0. The van der Waals surface area contributed by atoms with Crippen molar-refractivity contribution in [2.75, 3.05) is 6.61 Å². The van der Waals surface area contributed by atoms with Gasteiger partial charge in [0.1, 0.15) is 11.8 Å². The number of hydrogen-bond acceptors (Lipinski definition) is 3. The summed E-state index contributed by atoms with van der Waals surface area (Å²) in [5.41, 5.74) is 2.42. The molecule has 37 heavy (non-hydrogen) atoms. The summed E-state index contributed by atoms with van der Waals surface area (Å²) in [6, 6.07) is 21.8. The van der Waals surface area contributed by atoms with Gasteiger partial charge in [0.15, 0.2) is 6.61 Å². The molecule has 5 nitrogen and oxygen atoms in total. The fourth-order valence-corrected chi connectivity index (χ4v) is 4.21. The van der Waals surface area contributed by atoms with Gasteiger partial charge < -0.3 is 15.0 Å². The molecule has 0 saturated carbocycles. The lowest BCUT2D eigenvalue weighted by molar-refractivity contribution is -0.143. The first-order valence-electron chi connectivity index (χ1n) is 12.4. The number of amides is 2. The van der Waals surface area contributed by atoms with E-state index in [1.165, 1.54) is 5.56 Å². The maximum Gasteiger partial charge on any atom is 0.261 e. The first kappa shape index (κ1) is 28.5. The van der Waals surface area contributed by atoms with E-state index < -0.39 is 11.6 Å². The van der Waals surface area contributed by atoms with E-state index >= 15 is 0 Å². The summed E-state index contributed by atoms with van der Waals surface area (Å²) >= 11 is 12.4. The van der Waals surface area contributed by atoms with Crippen LogP contribution in [0.1, 0.15) is 44.4 Å². The van der Waals surface area contributed by atoms with Crippen LogP contribution in [0.3, 0.4) is 0 Å². The van der Waals surface area contributed by atoms with Crippen LogP contribution in [0.25, 0.3) is 0 Å². The number of carbonyl (C=O) groups is 2. The van der Waals surface area contributed by atoms with Crippen molar-refractivity contribution in [3.05, 3.63) is 99.5 Å². The predicted octanol–water partition coefficient (Wildman–Crippen LogP) is 6.49. The van der Waals surface area contributed by atoms with Crippen molar-refractivity contribution in [2.45, 2.75) is 58.7 Å². The van der Waals surface area contributed by atoms with Crippen molar-refractivity contribution in [1.82, 2.24) is 10.2 Å². The van der Waals surface area contributed by atoms with E-state index in [1.807, 2.05) is 75.4 Å². The van der Waals surface area contributed by atoms with Gasteiger partial charge in [-0.05, 0) is 68.1 Å². The van der Waals surface area contributed by atoms with Crippen LogP contribution in [-0.4, -0.2) is 34.9 Å². The molecule has 3 aromatic carbocycles. The van der Waals surface area contributed by atoms with Crippen molar-refractivity contribution in [3.8, 4) is 5.75 Å². The van der Waals surface area contributed by atoms with Gasteiger partial charge in [-0.15, -0.1) is 0 Å². The molecule has 0 radical (unpaired) electrons. The Kier molecular flexibility index (Phi) is 10.0. The van der Waals surface area contributed by atoms with Gasteiger partial charge in [0, 0.05) is 18.5 Å². The molecular weight excluding hydrogens is 507 g/mol. The summed E-state index contributed by atoms with van der Waals surface area (Å²) in [7, 11) is 0. The zero-order valence-corrected chi connectivity index (χ0v) is 23.3. The first-order chi connectivity index (χ1) is 17.6. The third kappa shape index (κ3) is 8.80. The van der Waals surface area contributed by atoms with Crippen molar-refractivity contribution in [3.63, 3.8) is 0 Å². The van der Waals surface area contributed by atoms with Crippen LogP contribution in [0.5, 0.6) is 5.75 Å². The Labute approximate surface area is 229 Å². The minimum atomic E-state index is -0.769. The largest absolute Gasteiger partial charge is 0.484 e. The molecular formula is C30H34Cl2N2O3. The zero-order chi connectivity index (χ0) is 27.0. The number of hydrogen-bond donors (Lipinski definition) is 1. The summed E-state index contributed by atoms with van der Waals surface area (Å²) < 4.78 is 5.84. The predicted molar refractivity (Wildman–Crippen MR) is 150 cm³/mol. The van der Waals surface area contributed by atoms with Gasteiger partial charge in [-0.3, -0.25) is 9.59 Å². The highest BCUT2D eigenvalue weighted by Crippen LogP contribution is 2.25. The molecule has 0 aliphatic rings. The van der Waals surface area contributed by atoms with E-state index in [9.17, 15) is 9.59 Å². The maximum atomic E-state index is 13.7. The summed E-state index contributed by atoms with van der Waals surface area (Å²) in [4.78, 5) is 28.8. The van der Waals surface area contributed by atoms with E-state index in [0.29, 0.717) is 22.2 Å². The number of benzene rings is 3. The second-order valence-corrected chi connectivity index (χ2v) is 10.8. The number of ether oxygens (including phenoxy) is 1. The molecule has 3 rings (SSSR count). The Hall–Kier alpha value is -3.02. The fourth-order valence-electron chi connectivity index (χ4n) is 3.89. The van der Waals surface area contributed by atoms with Crippen LogP contribution >= 0.6 is 23.2 Å². The van der Waals surface area contributed by atoms with E-state index in [0.717, 1.165) is 17.5 Å². The monoisotopic (exact) mass is 540 g/mol. The lowest BCUT2D eigenvalue weighted by Crippen LogP contribution is -2.55. The smallest absolute Gasteiger partial charge is 0.261 e. The molecule has 196 valence electrons. The van der Waals surface area contributed by atoms with Crippen LogP contribution < -0.4 is 10.1 Å². The van der Waals surface area contributed by atoms with Crippen LogP contribution in [-0.2, 0) is 29.0 Å². The summed E-state index contributed by atoms with van der Waals surface area (Å²) in [6.45, 7) is 7.79. The minimum Gasteiger partial charge on any atom is -0.484 e. The van der Waals surface area contributed by atoms with Gasteiger partial charge in [0.05, 0.1) is 10.0 Å². The Morgan fingerprint density at radius 2 is 1.54 bits per heavy atom. The topological polar surface area (TPSA) is 58.6 Å². The van der Waals surface area contributed by atoms with Crippen LogP contribution in [0.2, 0.25) is 10.0 Å². The van der Waals surface area contributed by atoms with Gasteiger partial charge in [0.25, 0.3) is 5.91 Å². The molecule has 3 aromatic rings. The average Bonchev–Trinajstić information content (AvgIpc) is 2.86. The molecule has 0 bridgehead atoms. The number of carbonyl (C=O) groups excluding carboxylic acids is 2. The molecule has 0 fully saturated rings. The SMILES string of the molecule is CCc1ccc(OCC(=O)N(Cc2ccc(Cl)c(Cl)c2)[C@H](Cc2ccccc2)C(=O)NC(C)(C)C)cc1. The molecule has 0 aliphatic heterocycles. The molecule has 7 heteroatoms. The molecule has 0 saturated heterocycles. The van der Waals surface area contributed by atoms with Gasteiger partial charge >= 0.3 is 0 Å². The fraction of sp³-hybridized carbons (Fsp3) is 0.333. The van der Waals surface area contributed by atoms with Crippen molar-refractivity contribution in [2.24, 2.45) is 0 Å². The molecule has 1 atom stereocenters. The van der Waals surface area contributed by atoms with Crippen molar-refractivity contribution < 1.29 is 14.3 Å². The van der Waals surface area contributed by atoms with E-state index in [-0.39, 0.29) is 25.0 Å². The molecule has 0 aromatic heterocycles. The zero-order valence-electron chi connectivity index (χ0n) is 21.8. The van der Waals surface area contributed by atoms with E-state index in [1.54, 1.807) is 23.1 Å². The maximum absolute atomic E-state index is 13.7. The highest BCUT2D eigenvalue weighted by atomic mass is 35.5. The molecule has 0 heterocycles. The summed E-state index contributed by atoms with van der Waals surface area (Å²) in [5, 5.41) is 3.86. The molecule has 0 spiro atoms. The van der Waals surface area contributed by atoms with Gasteiger partial charge in [0.2, 0.25) is 5.91 Å². The van der Waals surface area contributed by atoms with E-state index in [4.69, 9.17) is 27.9 Å². The van der Waals surface area contributed by atoms with Gasteiger partial charge in [-0.2, -0.15) is 0 Å². The van der Waals surface area contributed by atoms with Crippen molar-refractivity contribution >= 4 is 35.0 Å². The number of nitrogens with one attached hydrogen (secondary N) is 1. The highest BCUT2D eigenvalue weighted by Gasteiger charge is 2.32. The number of rotatable bonds is 10. The van der Waals surface area contributed by atoms with Crippen molar-refractivity contribution in [1.29, 1.82) is 0 Å². The van der Waals surface area contributed by atoms with Crippen LogP contribution in [0.4, 0.5) is 0 Å². The standard InChI is InChI=1S/C30H34Cl2N2O3/c1-5-21-11-14-24(15-12-21)37-20-28(35)34(19-23-13-16-25(31)26(32)17-23)27(29(36)33-30(2,3)4)18-22-9-7-6-8-10-22/h6-17,27H,5,18-20H2,1-4H3,(H,33,36)/t27-/m1/s1. The average molecular weight is 542 g/mol. The highest BCUT2D eigenvalue weighted by molar-refractivity contribution is 6.42. The Bertz CT molecular complexity index is 1190. The quantitative estimate of drug-likeness (QED) is 0.319. The number of nitrogens with zero attached hydrogens (tertiary/aromatic N) is 1. The Balaban J connectivity index is 1.93. The lowest BCUT2D eigenvalue weighted by atomic mass is 10.0. The summed E-state index contributed by atoms with van der Waals surface area (Å²) in [6.07, 6.45) is 1.27. The third-order valence-corrected chi connectivity index (χ3v) is 6.54. The molecule has 0 aliphatic carbocycles. The molecule has 1 N–H and O–H groups in total. The number of aryl methyl sites for hydroxylation is 1. The third-order valence-electron chi connectivity index (χ3n) is 5.80. The number of halogens is 2. The lowest BCUT2D eigenvalue weighted by Gasteiger charge is -2.33. The first-order valence-corrected chi connectivity index (χ1v) is 13.1. The second kappa shape index (κ2) is 13.0. The van der Waals surface area contributed by atoms with Gasteiger partial charge in [-0.25, -0.2) is 0 Å². The Morgan fingerprint density at radius 3 is 2.14 bits per heavy atom. The van der Waals surface area contributed by atoms with Crippen LogP contribution in [0, 0.1) is 0 Å². The normalized spacial score (nSPS) is 12.1. The summed E-state index contributed by atoms with van der Waals surface area (Å²) in [5.74, 6) is 0.0477. The minimum absolute atomic E-state index is 0.170. The van der Waals surface area contributed by atoms with E-state index in [2.05, 4.69) is 12.2 Å². The van der Waals surface area contributed by atoms with Gasteiger partial charge in [-0.1, -0.05) is 78.7 Å². The molecule has 2 amide bonds. The Morgan fingerprint density at radius 1 is 0.892 bits per heavy atom. The molecule has 0 unspecified atom stereocenters.